The van der Waals surface area contributed by atoms with E-state index in [1.807, 2.05) is 0 Å². The minimum Gasteiger partial charge on any atom is -0.362 e. The van der Waals surface area contributed by atoms with E-state index in [2.05, 4.69) is 25.6 Å². The van der Waals surface area contributed by atoms with Gasteiger partial charge < -0.3 is 10.6 Å². The lowest BCUT2D eigenvalue weighted by atomic mass is 10.2. The lowest BCUT2D eigenvalue weighted by Gasteiger charge is -2.10. The Bertz CT molecular complexity index is 655. The molecule has 0 spiro atoms. The van der Waals surface area contributed by atoms with E-state index in [-0.39, 0.29) is 28.9 Å². The Morgan fingerprint density at radius 3 is 2.71 bits per heavy atom. The fraction of sp³-hybridized carbons (Fsp3) is 0.167. The van der Waals surface area contributed by atoms with Crippen LogP contribution in [0.25, 0.3) is 0 Å². The number of pyridine rings is 1. The van der Waals surface area contributed by atoms with Gasteiger partial charge in [0.15, 0.2) is 27.7 Å². The first-order chi connectivity index (χ1) is 10.1. The second-order valence-electron chi connectivity index (χ2n) is 3.88. The highest BCUT2D eigenvalue weighted by Gasteiger charge is 2.09. The van der Waals surface area contributed by atoms with E-state index in [1.54, 1.807) is 0 Å². The molecule has 21 heavy (non-hydrogen) atoms. The molecule has 5 nitrogen and oxygen atoms in total. The molecule has 0 aliphatic heterocycles. The molecule has 0 aliphatic rings. The molecule has 2 aromatic heterocycles. The summed E-state index contributed by atoms with van der Waals surface area (Å²) in [6, 6.07) is 0.967. The molecular weight excluding hydrogens is 320 g/mol. The van der Waals surface area contributed by atoms with Crippen LogP contribution < -0.4 is 10.6 Å². The van der Waals surface area contributed by atoms with Gasteiger partial charge in [0.05, 0.1) is 5.69 Å². The lowest BCUT2D eigenvalue weighted by molar-refractivity contribution is 0.491. The number of nitrogens with zero attached hydrogens (tertiary/aromatic N) is 3. The molecule has 0 aliphatic carbocycles. The Labute approximate surface area is 129 Å². The van der Waals surface area contributed by atoms with Crippen LogP contribution in [0.1, 0.15) is 5.69 Å². The van der Waals surface area contributed by atoms with Crippen LogP contribution >= 0.6 is 23.8 Å². The normalized spacial score (nSPS) is 10.2. The minimum absolute atomic E-state index is 0.0304. The molecule has 2 N–H and O–H groups in total. The van der Waals surface area contributed by atoms with Crippen molar-refractivity contribution >= 4 is 34.7 Å². The maximum atomic E-state index is 13.4. The van der Waals surface area contributed by atoms with Gasteiger partial charge in [-0.1, -0.05) is 11.6 Å². The largest absolute Gasteiger partial charge is 0.362 e. The number of hydrogen-bond acceptors (Lipinski definition) is 4. The van der Waals surface area contributed by atoms with Crippen molar-refractivity contribution in [2.75, 3.05) is 11.9 Å². The number of thiocarbonyl (C=S) groups is 1. The molecule has 0 amide bonds. The van der Waals surface area contributed by atoms with E-state index in [9.17, 15) is 8.78 Å². The summed E-state index contributed by atoms with van der Waals surface area (Å²) in [6.45, 7) is 0.275. The first-order valence-electron chi connectivity index (χ1n) is 5.88. The monoisotopic (exact) mass is 329 g/mol. The predicted octanol–water partition coefficient (Wildman–Crippen LogP) is 2.33. The van der Waals surface area contributed by atoms with E-state index >= 15 is 0 Å². The second-order valence-corrected chi connectivity index (χ2v) is 4.65. The molecule has 0 saturated heterocycles. The average molecular weight is 330 g/mol. The van der Waals surface area contributed by atoms with Crippen LogP contribution in [0.5, 0.6) is 0 Å². The zero-order chi connectivity index (χ0) is 15.2. The summed E-state index contributed by atoms with van der Waals surface area (Å²) in [5, 5.41) is 5.99. The third-order valence-electron chi connectivity index (χ3n) is 2.45. The van der Waals surface area contributed by atoms with Gasteiger partial charge in [0, 0.05) is 31.6 Å². The third-order valence-corrected chi connectivity index (χ3v) is 2.97. The molecule has 2 rings (SSSR count). The smallest absolute Gasteiger partial charge is 0.180 e. The first-order valence-corrected chi connectivity index (χ1v) is 6.67. The number of nitrogens with one attached hydrogen (secondary N) is 2. The zero-order valence-electron chi connectivity index (χ0n) is 10.6. The van der Waals surface area contributed by atoms with Gasteiger partial charge in [0.2, 0.25) is 0 Å². The molecule has 110 valence electrons. The number of anilines is 1. The maximum absolute atomic E-state index is 13.4. The minimum atomic E-state index is -0.949. The number of halogens is 3. The summed E-state index contributed by atoms with van der Waals surface area (Å²) in [5.41, 5.74) is 0.0304. The Morgan fingerprint density at radius 1 is 1.19 bits per heavy atom. The summed E-state index contributed by atoms with van der Waals surface area (Å²) >= 11 is 10.8. The Morgan fingerprint density at radius 2 is 1.95 bits per heavy atom. The zero-order valence-corrected chi connectivity index (χ0v) is 12.2. The van der Waals surface area contributed by atoms with Crippen LogP contribution in [0.4, 0.5) is 14.6 Å². The predicted molar refractivity (Wildman–Crippen MR) is 79.1 cm³/mol. The van der Waals surface area contributed by atoms with Crippen LogP contribution in [0.2, 0.25) is 5.15 Å². The quantitative estimate of drug-likeness (QED) is 0.840. The highest BCUT2D eigenvalue weighted by atomic mass is 35.5. The number of aromatic nitrogens is 3. The maximum Gasteiger partial charge on any atom is 0.180 e. The highest BCUT2D eigenvalue weighted by molar-refractivity contribution is 7.80. The molecule has 2 heterocycles. The molecule has 2 aromatic rings. The van der Waals surface area contributed by atoms with E-state index in [0.29, 0.717) is 5.82 Å². The fourth-order valence-corrected chi connectivity index (χ4v) is 1.84. The van der Waals surface area contributed by atoms with Gasteiger partial charge in [-0.05, 0) is 18.3 Å². The van der Waals surface area contributed by atoms with Gasteiger partial charge in [0.1, 0.15) is 0 Å². The Balaban J connectivity index is 1.85. The molecule has 0 aromatic carbocycles. The standard InChI is InChI=1S/C12H10ClF2N5S/c13-10-11(18-6-5-17-10)20-12(21)19-4-2-8-9(15)7(14)1-3-16-8/h1,3,5-6H,2,4H2,(H2,18,19,20,21). The van der Waals surface area contributed by atoms with Crippen molar-refractivity contribution in [2.24, 2.45) is 0 Å². The summed E-state index contributed by atoms with van der Waals surface area (Å²) in [4.78, 5) is 11.6. The van der Waals surface area contributed by atoms with E-state index in [0.717, 1.165) is 6.07 Å². The topological polar surface area (TPSA) is 62.7 Å². The van der Waals surface area contributed by atoms with Gasteiger partial charge in [-0.25, -0.2) is 18.7 Å². The summed E-state index contributed by atoms with van der Waals surface area (Å²) in [5.74, 6) is -1.56. The van der Waals surface area contributed by atoms with Crippen LogP contribution in [0.15, 0.2) is 24.7 Å². The van der Waals surface area contributed by atoms with Gasteiger partial charge >= 0.3 is 0 Å². The molecular formula is C12H10ClF2N5S. The number of rotatable bonds is 4. The van der Waals surface area contributed by atoms with Crippen LogP contribution in [0.3, 0.4) is 0 Å². The molecule has 0 bridgehead atoms. The molecule has 0 unspecified atom stereocenters. The van der Waals surface area contributed by atoms with Crippen molar-refractivity contribution in [1.29, 1.82) is 0 Å². The van der Waals surface area contributed by atoms with Crippen molar-refractivity contribution in [2.45, 2.75) is 6.42 Å². The van der Waals surface area contributed by atoms with Crippen molar-refractivity contribution < 1.29 is 8.78 Å². The fourth-order valence-electron chi connectivity index (χ4n) is 1.49. The highest BCUT2D eigenvalue weighted by Crippen LogP contribution is 2.13. The van der Waals surface area contributed by atoms with Crippen molar-refractivity contribution in [3.8, 4) is 0 Å². The summed E-state index contributed by atoms with van der Waals surface area (Å²) in [7, 11) is 0. The van der Waals surface area contributed by atoms with Gasteiger partial charge in [-0.3, -0.25) is 4.98 Å². The van der Waals surface area contributed by atoms with Crippen LogP contribution in [-0.4, -0.2) is 26.6 Å². The summed E-state index contributed by atoms with van der Waals surface area (Å²) < 4.78 is 26.4. The van der Waals surface area contributed by atoms with Gasteiger partial charge in [0.25, 0.3) is 0 Å². The van der Waals surface area contributed by atoms with Crippen LogP contribution in [0, 0.1) is 11.6 Å². The average Bonchev–Trinajstić information content (AvgIpc) is 2.46. The second kappa shape index (κ2) is 7.19. The summed E-state index contributed by atoms with van der Waals surface area (Å²) in [6.07, 6.45) is 4.30. The third kappa shape index (κ3) is 4.27. The van der Waals surface area contributed by atoms with Gasteiger partial charge in [-0.15, -0.1) is 0 Å². The van der Waals surface area contributed by atoms with E-state index in [4.69, 9.17) is 23.8 Å². The number of hydrogen-bond donors (Lipinski definition) is 2. The van der Waals surface area contributed by atoms with E-state index in [1.165, 1.54) is 18.6 Å². The lowest BCUT2D eigenvalue weighted by Crippen LogP contribution is -2.31. The molecule has 0 fully saturated rings. The van der Waals surface area contributed by atoms with Crippen molar-refractivity contribution in [1.82, 2.24) is 20.3 Å². The molecule has 0 radical (unpaired) electrons. The molecule has 0 saturated carbocycles. The van der Waals surface area contributed by atoms with E-state index < -0.39 is 11.6 Å². The Kier molecular flexibility index (Phi) is 5.29. The van der Waals surface area contributed by atoms with Crippen LogP contribution in [-0.2, 0) is 6.42 Å². The van der Waals surface area contributed by atoms with Gasteiger partial charge in [-0.2, -0.15) is 0 Å². The Hall–Kier alpha value is -1.93. The van der Waals surface area contributed by atoms with Crippen molar-refractivity contribution in [3.05, 3.63) is 47.1 Å². The molecule has 0 atom stereocenters. The van der Waals surface area contributed by atoms with Crippen molar-refractivity contribution in [3.63, 3.8) is 0 Å². The SMILES string of the molecule is Fc1ccnc(CCNC(=S)Nc2nccnc2Cl)c1F. The first kappa shape index (κ1) is 15.5. The molecule has 9 heteroatoms.